The number of phenolic OH excluding ortho intramolecular Hbond substituents is 1. The Kier molecular flexibility index (Phi) is 7.12. The summed E-state index contributed by atoms with van der Waals surface area (Å²) in [7, 11) is 1.41. The van der Waals surface area contributed by atoms with Gasteiger partial charge in [-0.3, -0.25) is 14.5 Å². The molecule has 0 bridgehead atoms. The summed E-state index contributed by atoms with van der Waals surface area (Å²) < 4.78 is 46.2. The molecule has 14 heteroatoms. The SMILES string of the molecule is COCc1c(O)ccc(CC(=O)NC2C(=O)N3C(C(=O)OC(=O)C(F)(F)F)=C(C)CSC23)c1N. The first-order valence-electron chi connectivity index (χ1n) is 9.72. The summed E-state index contributed by atoms with van der Waals surface area (Å²) >= 11 is 1.18. The van der Waals surface area contributed by atoms with Crippen LogP contribution in [0.25, 0.3) is 0 Å². The van der Waals surface area contributed by atoms with Gasteiger partial charge in [0.15, 0.2) is 0 Å². The van der Waals surface area contributed by atoms with Crippen molar-refractivity contribution in [2.45, 2.75) is 37.5 Å². The number of methoxy groups -OCH3 is 1. The topological polar surface area (TPSA) is 148 Å². The number of nitrogen functional groups attached to an aromatic ring is 1. The van der Waals surface area contributed by atoms with Crippen LogP contribution in [0.1, 0.15) is 18.1 Å². The maximum absolute atomic E-state index is 12.7. The van der Waals surface area contributed by atoms with Crippen molar-refractivity contribution in [1.82, 2.24) is 10.2 Å². The largest absolute Gasteiger partial charge is 0.508 e. The highest BCUT2D eigenvalue weighted by Crippen LogP contribution is 2.40. The zero-order chi connectivity index (χ0) is 25.4. The Morgan fingerprint density at radius 2 is 2.00 bits per heavy atom. The maximum Gasteiger partial charge on any atom is 0.491 e. The number of ether oxygens (including phenoxy) is 2. The van der Waals surface area contributed by atoms with E-state index < -0.39 is 47.0 Å². The third-order valence-electron chi connectivity index (χ3n) is 5.15. The van der Waals surface area contributed by atoms with Crippen LogP contribution in [-0.4, -0.2) is 64.2 Å². The van der Waals surface area contributed by atoms with E-state index in [9.17, 15) is 37.5 Å². The molecular formula is C20H20F3N3O7S. The third kappa shape index (κ3) is 4.82. The standard InChI is InChI=1S/C20H20F3N3O7S/c1-8-7-34-17-14(16(29)26(17)15(8)18(30)33-19(31)20(21,22)23)25-12(28)5-9-3-4-11(27)10(6-32-2)13(9)24/h3-4,14,17,27H,5-7,24H2,1-2H3,(H,25,28). The lowest BCUT2D eigenvalue weighted by Crippen LogP contribution is -2.70. The van der Waals surface area contributed by atoms with Gasteiger partial charge in [-0.25, -0.2) is 9.59 Å². The molecule has 0 aliphatic carbocycles. The van der Waals surface area contributed by atoms with Crippen LogP contribution in [-0.2, 0) is 41.7 Å². The summed E-state index contributed by atoms with van der Waals surface area (Å²) in [5, 5.41) is 11.6. The van der Waals surface area contributed by atoms with Gasteiger partial charge in [-0.05, 0) is 24.1 Å². The summed E-state index contributed by atoms with van der Waals surface area (Å²) in [4.78, 5) is 49.3. The fourth-order valence-electron chi connectivity index (χ4n) is 3.50. The Hall–Kier alpha value is -3.26. The predicted octanol–water partition coefficient (Wildman–Crippen LogP) is 0.969. The number of halogens is 3. The molecule has 2 amide bonds. The number of nitrogens with two attached hydrogens (primary N) is 1. The van der Waals surface area contributed by atoms with Crippen molar-refractivity contribution >= 4 is 41.2 Å². The van der Waals surface area contributed by atoms with Crippen molar-refractivity contribution in [2.24, 2.45) is 0 Å². The van der Waals surface area contributed by atoms with Crippen molar-refractivity contribution < 1.29 is 46.9 Å². The molecule has 2 unspecified atom stereocenters. The van der Waals surface area contributed by atoms with Gasteiger partial charge in [0, 0.05) is 24.1 Å². The van der Waals surface area contributed by atoms with Gasteiger partial charge in [-0.1, -0.05) is 6.07 Å². The van der Waals surface area contributed by atoms with E-state index in [0.717, 1.165) is 4.90 Å². The summed E-state index contributed by atoms with van der Waals surface area (Å²) in [6.45, 7) is 1.44. The second-order valence-electron chi connectivity index (χ2n) is 7.50. The fraction of sp³-hybridized carbons (Fsp3) is 0.400. The van der Waals surface area contributed by atoms with Crippen LogP contribution in [0.2, 0.25) is 0 Å². The number of β-lactam (4-membered cyclic amide) rings is 1. The van der Waals surface area contributed by atoms with Crippen molar-refractivity contribution in [1.29, 1.82) is 0 Å². The van der Waals surface area contributed by atoms with Crippen molar-refractivity contribution in [2.75, 3.05) is 18.6 Å². The van der Waals surface area contributed by atoms with Crippen LogP contribution in [0.4, 0.5) is 18.9 Å². The van der Waals surface area contributed by atoms with Gasteiger partial charge in [0.25, 0.3) is 5.91 Å². The number of esters is 2. The van der Waals surface area contributed by atoms with Crippen LogP contribution in [0.3, 0.4) is 0 Å². The molecule has 2 atom stereocenters. The average Bonchev–Trinajstić information content (AvgIpc) is 2.76. The predicted molar refractivity (Wildman–Crippen MR) is 112 cm³/mol. The van der Waals surface area contributed by atoms with E-state index in [4.69, 9.17) is 10.5 Å². The van der Waals surface area contributed by atoms with E-state index in [1.54, 1.807) is 0 Å². The number of thioether (sulfide) groups is 1. The van der Waals surface area contributed by atoms with Gasteiger partial charge in [0.2, 0.25) is 5.91 Å². The van der Waals surface area contributed by atoms with Crippen LogP contribution in [0, 0.1) is 0 Å². The molecule has 10 nitrogen and oxygen atoms in total. The molecule has 1 saturated heterocycles. The molecule has 4 N–H and O–H groups in total. The quantitative estimate of drug-likeness (QED) is 0.223. The number of phenols is 1. The lowest BCUT2D eigenvalue weighted by Gasteiger charge is -2.49. The molecule has 0 aromatic heterocycles. The first-order chi connectivity index (χ1) is 15.9. The van der Waals surface area contributed by atoms with Crippen molar-refractivity contribution in [3.05, 3.63) is 34.5 Å². The number of rotatable bonds is 6. The van der Waals surface area contributed by atoms with E-state index in [0.29, 0.717) is 11.1 Å². The van der Waals surface area contributed by atoms with Gasteiger partial charge in [-0.15, -0.1) is 11.8 Å². The van der Waals surface area contributed by atoms with Crippen LogP contribution in [0.15, 0.2) is 23.4 Å². The number of hydrogen-bond donors (Lipinski definition) is 3. The molecule has 2 aliphatic heterocycles. The summed E-state index contributed by atoms with van der Waals surface area (Å²) in [5.74, 6) is -5.54. The van der Waals surface area contributed by atoms with Crippen molar-refractivity contribution in [3.8, 4) is 5.75 Å². The number of nitrogens with one attached hydrogen (secondary N) is 1. The molecule has 0 saturated carbocycles. The van der Waals surface area contributed by atoms with Gasteiger partial charge in [-0.2, -0.15) is 13.2 Å². The zero-order valence-electron chi connectivity index (χ0n) is 17.9. The van der Waals surface area contributed by atoms with E-state index >= 15 is 0 Å². The number of alkyl halides is 3. The number of aromatic hydroxyl groups is 1. The van der Waals surface area contributed by atoms with Crippen LogP contribution in [0.5, 0.6) is 5.75 Å². The summed E-state index contributed by atoms with van der Waals surface area (Å²) in [5.41, 5.74) is 6.64. The average molecular weight is 503 g/mol. The third-order valence-corrected chi connectivity index (χ3v) is 6.57. The number of hydrogen-bond acceptors (Lipinski definition) is 9. The molecule has 1 aromatic carbocycles. The lowest BCUT2D eigenvalue weighted by atomic mass is 10.0. The van der Waals surface area contributed by atoms with Gasteiger partial charge in [0.1, 0.15) is 22.9 Å². The molecule has 2 aliphatic rings. The van der Waals surface area contributed by atoms with Gasteiger partial charge in [0.05, 0.1) is 13.0 Å². The first kappa shape index (κ1) is 25.4. The number of nitrogens with zero attached hydrogens (tertiary/aromatic N) is 1. The number of fused-ring (bicyclic) bond motifs is 1. The minimum atomic E-state index is -5.37. The minimum absolute atomic E-state index is 0.0172. The number of benzene rings is 1. The second-order valence-corrected chi connectivity index (χ2v) is 8.61. The Balaban J connectivity index is 1.69. The van der Waals surface area contributed by atoms with E-state index in [1.165, 1.54) is 37.9 Å². The van der Waals surface area contributed by atoms with Crippen LogP contribution < -0.4 is 11.1 Å². The highest BCUT2D eigenvalue weighted by Gasteiger charge is 2.55. The Bertz CT molecular complexity index is 1090. The minimum Gasteiger partial charge on any atom is -0.508 e. The Morgan fingerprint density at radius 1 is 1.32 bits per heavy atom. The van der Waals surface area contributed by atoms with E-state index in [1.807, 2.05) is 0 Å². The summed E-state index contributed by atoms with van der Waals surface area (Å²) in [6, 6.07) is 1.75. The second kappa shape index (κ2) is 9.54. The van der Waals surface area contributed by atoms with Crippen molar-refractivity contribution in [3.63, 3.8) is 0 Å². The van der Waals surface area contributed by atoms with Gasteiger partial charge >= 0.3 is 18.1 Å². The highest BCUT2D eigenvalue weighted by atomic mass is 32.2. The zero-order valence-corrected chi connectivity index (χ0v) is 18.7. The molecule has 0 radical (unpaired) electrons. The van der Waals surface area contributed by atoms with Gasteiger partial charge < -0.3 is 25.6 Å². The Labute approximate surface area is 195 Å². The fourth-order valence-corrected chi connectivity index (χ4v) is 4.79. The van der Waals surface area contributed by atoms with E-state index in [2.05, 4.69) is 10.1 Å². The smallest absolute Gasteiger partial charge is 0.491 e. The number of carbonyl (C=O) groups excluding carboxylic acids is 4. The monoisotopic (exact) mass is 503 g/mol. The highest BCUT2D eigenvalue weighted by molar-refractivity contribution is 8.00. The molecule has 1 aromatic rings. The molecule has 3 rings (SSSR count). The molecule has 1 fully saturated rings. The molecule has 184 valence electrons. The number of amides is 2. The first-order valence-corrected chi connectivity index (χ1v) is 10.8. The van der Waals surface area contributed by atoms with Crippen LogP contribution >= 0.6 is 11.8 Å². The molecule has 34 heavy (non-hydrogen) atoms. The maximum atomic E-state index is 12.7. The normalized spacial score (nSPS) is 19.9. The molecule has 2 heterocycles. The summed E-state index contributed by atoms with van der Waals surface area (Å²) in [6.07, 6.45) is -5.60. The number of carbonyl (C=O) groups is 4. The van der Waals surface area contributed by atoms with E-state index in [-0.39, 0.29) is 35.8 Å². The lowest BCUT2D eigenvalue weighted by molar-refractivity contribution is -0.201. The number of anilines is 1. The molecular weight excluding hydrogens is 483 g/mol. The molecule has 0 spiro atoms. The Morgan fingerprint density at radius 3 is 2.62 bits per heavy atom.